The molecule has 2 aromatic rings. The highest BCUT2D eigenvalue weighted by molar-refractivity contribution is 6.33. The SMILES string of the molecule is N#C/C(=C\C=C\c1ccccc1[N+](=O)[O-])C(=O)Nc1ccccc1Cl. The molecule has 0 unspecified atom stereocenters. The Bertz CT molecular complexity index is 914. The number of nitrogens with zero attached hydrogens (tertiary/aromatic N) is 2. The van der Waals surface area contributed by atoms with Gasteiger partial charge in [0.15, 0.2) is 0 Å². The zero-order valence-electron chi connectivity index (χ0n) is 12.8. The monoisotopic (exact) mass is 353 g/mol. The number of hydrogen-bond donors (Lipinski definition) is 1. The van der Waals surface area contributed by atoms with Gasteiger partial charge in [-0.25, -0.2) is 0 Å². The highest BCUT2D eigenvalue weighted by atomic mass is 35.5. The summed E-state index contributed by atoms with van der Waals surface area (Å²) in [5.74, 6) is -0.622. The number of halogens is 1. The van der Waals surface area contributed by atoms with Gasteiger partial charge < -0.3 is 5.32 Å². The van der Waals surface area contributed by atoms with Crippen LogP contribution in [0.2, 0.25) is 5.02 Å². The van der Waals surface area contributed by atoms with Crippen molar-refractivity contribution in [2.24, 2.45) is 0 Å². The number of para-hydroxylation sites is 2. The minimum absolute atomic E-state index is 0.0637. The molecule has 0 aliphatic rings. The molecule has 0 heterocycles. The molecule has 124 valence electrons. The minimum Gasteiger partial charge on any atom is -0.320 e. The zero-order chi connectivity index (χ0) is 18.2. The van der Waals surface area contributed by atoms with Gasteiger partial charge in [-0.2, -0.15) is 5.26 Å². The maximum absolute atomic E-state index is 12.1. The van der Waals surface area contributed by atoms with Gasteiger partial charge in [0, 0.05) is 6.07 Å². The summed E-state index contributed by atoms with van der Waals surface area (Å²) >= 11 is 5.95. The number of nitriles is 1. The molecule has 0 saturated heterocycles. The van der Waals surface area contributed by atoms with E-state index in [1.165, 1.54) is 24.3 Å². The van der Waals surface area contributed by atoms with Gasteiger partial charge in [-0.3, -0.25) is 14.9 Å². The van der Waals surface area contributed by atoms with Gasteiger partial charge in [0.25, 0.3) is 11.6 Å². The number of nitro groups is 1. The molecule has 0 atom stereocenters. The average molecular weight is 354 g/mol. The Balaban J connectivity index is 2.18. The quantitative estimate of drug-likeness (QED) is 0.284. The van der Waals surface area contributed by atoms with E-state index < -0.39 is 10.8 Å². The third-order valence-electron chi connectivity index (χ3n) is 3.16. The summed E-state index contributed by atoms with van der Waals surface area (Å²) in [4.78, 5) is 22.6. The Kier molecular flexibility index (Phi) is 6.04. The predicted octanol–water partition coefficient (Wildman–Crippen LogP) is 4.35. The van der Waals surface area contributed by atoms with E-state index in [1.54, 1.807) is 48.5 Å². The van der Waals surface area contributed by atoms with Crippen LogP contribution in [0.15, 0.2) is 66.3 Å². The number of amides is 1. The van der Waals surface area contributed by atoms with Crippen molar-refractivity contribution >= 4 is 35.0 Å². The van der Waals surface area contributed by atoms with E-state index in [2.05, 4.69) is 5.32 Å². The Hall–Kier alpha value is -3.43. The van der Waals surface area contributed by atoms with E-state index in [0.717, 1.165) is 0 Å². The van der Waals surface area contributed by atoms with E-state index in [1.807, 2.05) is 0 Å². The second-order valence-electron chi connectivity index (χ2n) is 4.80. The number of carbonyl (C=O) groups excluding carboxylic acids is 1. The first kappa shape index (κ1) is 17.9. The molecule has 0 aliphatic heterocycles. The Morgan fingerprint density at radius 3 is 2.56 bits per heavy atom. The number of nitrogens with one attached hydrogen (secondary N) is 1. The summed E-state index contributed by atoms with van der Waals surface area (Å²) in [5, 5.41) is 23.0. The Morgan fingerprint density at radius 2 is 1.88 bits per heavy atom. The summed E-state index contributed by atoms with van der Waals surface area (Å²) < 4.78 is 0. The third kappa shape index (κ3) is 4.77. The molecule has 2 aromatic carbocycles. The normalized spacial score (nSPS) is 11.1. The zero-order valence-corrected chi connectivity index (χ0v) is 13.6. The fraction of sp³-hybridized carbons (Fsp3) is 0. The van der Waals surface area contributed by atoms with Crippen LogP contribution >= 0.6 is 11.6 Å². The molecular formula is C18H12ClN3O3. The van der Waals surface area contributed by atoms with Crippen LogP contribution in [0.1, 0.15) is 5.56 Å². The standard InChI is InChI=1S/C18H12ClN3O3/c19-15-9-2-3-10-16(15)21-18(23)14(12-20)8-5-7-13-6-1-4-11-17(13)22(24)25/h1-11H,(H,21,23)/b7-5+,14-8+. The van der Waals surface area contributed by atoms with E-state index >= 15 is 0 Å². The van der Waals surface area contributed by atoms with Gasteiger partial charge in [-0.15, -0.1) is 0 Å². The second kappa shape index (κ2) is 8.43. The van der Waals surface area contributed by atoms with Crippen molar-refractivity contribution in [1.29, 1.82) is 5.26 Å². The molecule has 1 N–H and O–H groups in total. The first-order valence-electron chi connectivity index (χ1n) is 7.10. The number of carbonyl (C=O) groups is 1. The van der Waals surface area contributed by atoms with Crippen LogP contribution < -0.4 is 5.32 Å². The van der Waals surface area contributed by atoms with Crippen LogP contribution in [0, 0.1) is 21.4 Å². The number of allylic oxidation sites excluding steroid dienone is 2. The molecule has 0 aliphatic carbocycles. The lowest BCUT2D eigenvalue weighted by Crippen LogP contribution is -2.13. The molecule has 25 heavy (non-hydrogen) atoms. The van der Waals surface area contributed by atoms with Gasteiger partial charge in [0.05, 0.1) is 21.2 Å². The molecule has 0 saturated carbocycles. The molecule has 0 fully saturated rings. The minimum atomic E-state index is -0.622. The fourth-order valence-electron chi connectivity index (χ4n) is 1.96. The summed E-state index contributed by atoms with van der Waals surface area (Å²) in [6.07, 6.45) is 4.15. The van der Waals surface area contributed by atoms with Crippen LogP contribution in [0.25, 0.3) is 6.08 Å². The molecule has 0 spiro atoms. The number of hydrogen-bond acceptors (Lipinski definition) is 4. The van der Waals surface area contributed by atoms with Crippen molar-refractivity contribution in [2.75, 3.05) is 5.32 Å². The van der Waals surface area contributed by atoms with E-state index in [4.69, 9.17) is 16.9 Å². The van der Waals surface area contributed by atoms with Crippen LogP contribution in [-0.2, 0) is 4.79 Å². The van der Waals surface area contributed by atoms with Crippen LogP contribution in [0.3, 0.4) is 0 Å². The lowest BCUT2D eigenvalue weighted by molar-refractivity contribution is -0.385. The van der Waals surface area contributed by atoms with Crippen molar-refractivity contribution in [3.63, 3.8) is 0 Å². The third-order valence-corrected chi connectivity index (χ3v) is 3.49. The van der Waals surface area contributed by atoms with Crippen molar-refractivity contribution in [3.8, 4) is 6.07 Å². The van der Waals surface area contributed by atoms with Gasteiger partial charge in [-0.1, -0.05) is 41.9 Å². The lowest BCUT2D eigenvalue weighted by atomic mass is 10.1. The molecule has 2 rings (SSSR count). The topological polar surface area (TPSA) is 96.0 Å². The maximum atomic E-state index is 12.1. The first-order valence-corrected chi connectivity index (χ1v) is 7.48. The number of rotatable bonds is 5. The highest BCUT2D eigenvalue weighted by Gasteiger charge is 2.11. The predicted molar refractivity (Wildman–Crippen MR) is 95.9 cm³/mol. The van der Waals surface area contributed by atoms with Gasteiger partial charge in [-0.05, 0) is 30.4 Å². The maximum Gasteiger partial charge on any atom is 0.276 e. The van der Waals surface area contributed by atoms with Crippen molar-refractivity contribution in [2.45, 2.75) is 0 Å². The average Bonchev–Trinajstić information content (AvgIpc) is 2.61. The Morgan fingerprint density at radius 1 is 1.20 bits per heavy atom. The molecule has 0 radical (unpaired) electrons. The summed E-state index contributed by atoms with van der Waals surface area (Å²) in [6.45, 7) is 0. The molecule has 0 bridgehead atoms. The number of nitro benzene ring substituents is 1. The lowest BCUT2D eigenvalue weighted by Gasteiger charge is -2.05. The molecular weight excluding hydrogens is 342 g/mol. The smallest absolute Gasteiger partial charge is 0.276 e. The molecule has 7 heteroatoms. The van der Waals surface area contributed by atoms with Gasteiger partial charge >= 0.3 is 0 Å². The van der Waals surface area contributed by atoms with E-state index in [-0.39, 0.29) is 11.3 Å². The second-order valence-corrected chi connectivity index (χ2v) is 5.21. The van der Waals surface area contributed by atoms with Crippen LogP contribution in [0.5, 0.6) is 0 Å². The molecule has 1 amide bonds. The summed E-state index contributed by atoms with van der Waals surface area (Å²) in [7, 11) is 0. The summed E-state index contributed by atoms with van der Waals surface area (Å²) in [5.41, 5.74) is 0.534. The highest BCUT2D eigenvalue weighted by Crippen LogP contribution is 2.21. The largest absolute Gasteiger partial charge is 0.320 e. The van der Waals surface area contributed by atoms with Gasteiger partial charge in [0.2, 0.25) is 0 Å². The number of benzene rings is 2. The number of anilines is 1. The van der Waals surface area contributed by atoms with Crippen LogP contribution in [-0.4, -0.2) is 10.8 Å². The van der Waals surface area contributed by atoms with Crippen molar-refractivity contribution in [3.05, 3.63) is 87.0 Å². The summed E-state index contributed by atoms with van der Waals surface area (Å²) in [6, 6.07) is 14.6. The van der Waals surface area contributed by atoms with Crippen molar-refractivity contribution in [1.82, 2.24) is 0 Å². The first-order chi connectivity index (χ1) is 12.0. The van der Waals surface area contributed by atoms with Gasteiger partial charge in [0.1, 0.15) is 11.6 Å². The fourth-order valence-corrected chi connectivity index (χ4v) is 2.14. The molecule has 0 aromatic heterocycles. The van der Waals surface area contributed by atoms with Crippen LogP contribution in [0.4, 0.5) is 11.4 Å². The molecule has 6 nitrogen and oxygen atoms in total. The van der Waals surface area contributed by atoms with Crippen molar-refractivity contribution < 1.29 is 9.72 Å². The van der Waals surface area contributed by atoms with E-state index in [9.17, 15) is 14.9 Å². The van der Waals surface area contributed by atoms with E-state index in [0.29, 0.717) is 16.3 Å². The Labute approximate surface area is 148 Å².